The second-order valence-electron chi connectivity index (χ2n) is 8.04. The molecule has 1 saturated heterocycles. The van der Waals surface area contributed by atoms with Gasteiger partial charge in [-0.05, 0) is 25.7 Å². The highest BCUT2D eigenvalue weighted by molar-refractivity contribution is 6.05. The van der Waals surface area contributed by atoms with Gasteiger partial charge in [-0.3, -0.25) is 24.1 Å². The van der Waals surface area contributed by atoms with E-state index in [2.05, 4.69) is 11.4 Å². The Morgan fingerprint density at radius 2 is 1.68 bits per heavy atom. The number of amides is 3. The summed E-state index contributed by atoms with van der Waals surface area (Å²) in [5, 5.41) is 12.1. The van der Waals surface area contributed by atoms with Crippen molar-refractivity contribution in [3.05, 3.63) is 0 Å². The maximum Gasteiger partial charge on any atom is 0.308 e. The van der Waals surface area contributed by atoms with Gasteiger partial charge in [0.05, 0.1) is 24.3 Å². The Morgan fingerprint density at radius 3 is 2.25 bits per heavy atom. The Morgan fingerprint density at radius 1 is 1.07 bits per heavy atom. The van der Waals surface area contributed by atoms with Crippen molar-refractivity contribution in [1.82, 2.24) is 10.2 Å². The number of nitrogens with zero attached hydrogens (tertiary/aromatic N) is 2. The van der Waals surface area contributed by atoms with E-state index in [1.54, 1.807) is 0 Å². The van der Waals surface area contributed by atoms with Gasteiger partial charge >= 0.3 is 5.97 Å². The summed E-state index contributed by atoms with van der Waals surface area (Å²) in [4.78, 5) is 49.9. The lowest BCUT2D eigenvalue weighted by Gasteiger charge is -2.31. The summed E-state index contributed by atoms with van der Waals surface area (Å²) < 4.78 is 4.97. The highest BCUT2D eigenvalue weighted by Crippen LogP contribution is 2.38. The zero-order valence-electron chi connectivity index (χ0n) is 16.1. The number of ether oxygens (including phenoxy) is 1. The summed E-state index contributed by atoms with van der Waals surface area (Å²) in [6, 6.07) is 2.18. The van der Waals surface area contributed by atoms with Crippen LogP contribution < -0.4 is 5.32 Å². The molecule has 3 amide bonds. The lowest BCUT2D eigenvalue weighted by atomic mass is 9.81. The van der Waals surface area contributed by atoms with Crippen LogP contribution in [0.15, 0.2) is 0 Å². The van der Waals surface area contributed by atoms with Crippen molar-refractivity contribution in [2.75, 3.05) is 13.2 Å². The van der Waals surface area contributed by atoms with Crippen LogP contribution >= 0.6 is 0 Å². The molecule has 2 atom stereocenters. The standard InChI is InChI=1S/C20H27N3O5/c21-13-20(9-4-1-5-10-20)22-16(24)12-28-17(25)8-11-23-18(26)14-6-2-3-7-15(14)19(23)27/h14-15H,1-12H2,(H,22,24)/t14-,15+. The van der Waals surface area contributed by atoms with E-state index in [9.17, 15) is 24.4 Å². The van der Waals surface area contributed by atoms with Gasteiger partial charge < -0.3 is 10.1 Å². The van der Waals surface area contributed by atoms with E-state index in [-0.39, 0.29) is 36.6 Å². The first kappa shape index (κ1) is 20.3. The Labute approximate surface area is 164 Å². The van der Waals surface area contributed by atoms with Gasteiger partial charge in [0.15, 0.2) is 6.61 Å². The number of carbonyl (C=O) groups is 4. The Balaban J connectivity index is 1.42. The molecule has 152 valence electrons. The number of nitriles is 1. The number of nitrogens with one attached hydrogen (secondary N) is 1. The average molecular weight is 389 g/mol. The molecule has 3 rings (SSSR count). The fourth-order valence-corrected chi connectivity index (χ4v) is 4.60. The molecule has 0 aromatic carbocycles. The molecule has 3 fully saturated rings. The van der Waals surface area contributed by atoms with E-state index in [1.165, 1.54) is 4.90 Å². The van der Waals surface area contributed by atoms with Crippen LogP contribution in [0, 0.1) is 23.2 Å². The maximum absolute atomic E-state index is 12.4. The molecule has 0 radical (unpaired) electrons. The van der Waals surface area contributed by atoms with Crippen molar-refractivity contribution < 1.29 is 23.9 Å². The maximum atomic E-state index is 12.4. The van der Waals surface area contributed by atoms with Crippen LogP contribution in [-0.2, 0) is 23.9 Å². The van der Waals surface area contributed by atoms with Crippen LogP contribution in [0.1, 0.15) is 64.2 Å². The minimum atomic E-state index is -0.869. The lowest BCUT2D eigenvalue weighted by molar-refractivity contribution is -0.150. The number of imide groups is 1. The van der Waals surface area contributed by atoms with Crippen molar-refractivity contribution in [2.24, 2.45) is 11.8 Å². The molecule has 0 bridgehead atoms. The van der Waals surface area contributed by atoms with Crippen molar-refractivity contribution in [1.29, 1.82) is 5.26 Å². The molecule has 2 aliphatic carbocycles. The smallest absolute Gasteiger partial charge is 0.308 e. The van der Waals surface area contributed by atoms with Gasteiger partial charge in [-0.15, -0.1) is 0 Å². The van der Waals surface area contributed by atoms with E-state index in [4.69, 9.17) is 4.74 Å². The molecule has 0 unspecified atom stereocenters. The topological polar surface area (TPSA) is 117 Å². The van der Waals surface area contributed by atoms with E-state index < -0.39 is 24.0 Å². The van der Waals surface area contributed by atoms with Crippen LogP contribution in [0.4, 0.5) is 0 Å². The van der Waals surface area contributed by atoms with Gasteiger partial charge in [-0.1, -0.05) is 32.1 Å². The summed E-state index contributed by atoms with van der Waals surface area (Å²) in [6.45, 7) is -0.470. The average Bonchev–Trinajstić information content (AvgIpc) is 2.96. The van der Waals surface area contributed by atoms with Crippen LogP contribution in [-0.4, -0.2) is 47.3 Å². The summed E-state index contributed by atoms with van der Waals surface area (Å²) >= 11 is 0. The molecule has 0 aromatic heterocycles. The van der Waals surface area contributed by atoms with Crippen LogP contribution in [0.3, 0.4) is 0 Å². The highest BCUT2D eigenvalue weighted by Gasteiger charge is 2.47. The first-order valence-corrected chi connectivity index (χ1v) is 10.2. The third kappa shape index (κ3) is 4.34. The molecule has 8 nitrogen and oxygen atoms in total. The van der Waals surface area contributed by atoms with Gasteiger partial charge in [-0.2, -0.15) is 5.26 Å². The summed E-state index contributed by atoms with van der Waals surface area (Å²) in [5.74, 6) is -1.99. The molecule has 28 heavy (non-hydrogen) atoms. The first-order valence-electron chi connectivity index (χ1n) is 10.2. The SMILES string of the molecule is N#CC1(NC(=O)COC(=O)CCN2C(=O)[C@H]3CCCC[C@H]3C2=O)CCCCC1. The molecule has 8 heteroatoms. The van der Waals surface area contributed by atoms with Crippen molar-refractivity contribution in [3.8, 4) is 6.07 Å². The zero-order chi connectivity index (χ0) is 20.1. The number of esters is 1. The third-order valence-corrected chi connectivity index (χ3v) is 6.14. The number of carbonyl (C=O) groups excluding carboxylic acids is 4. The molecule has 3 aliphatic rings. The number of rotatable bonds is 6. The minimum absolute atomic E-state index is 0.00669. The van der Waals surface area contributed by atoms with Crippen molar-refractivity contribution in [2.45, 2.75) is 69.7 Å². The molecule has 0 spiro atoms. The Kier molecular flexibility index (Phi) is 6.32. The Bertz CT molecular complexity index is 668. The van der Waals surface area contributed by atoms with E-state index in [0.29, 0.717) is 12.8 Å². The summed E-state index contributed by atoms with van der Waals surface area (Å²) in [5.41, 5.74) is -0.869. The number of fused-ring (bicyclic) bond motifs is 1. The quantitative estimate of drug-likeness (QED) is 0.543. The van der Waals surface area contributed by atoms with Crippen LogP contribution in [0.25, 0.3) is 0 Å². The number of likely N-dealkylation sites (tertiary alicyclic amines) is 1. The predicted octanol–water partition coefficient (Wildman–Crippen LogP) is 1.44. The van der Waals surface area contributed by atoms with Gasteiger partial charge in [0.25, 0.3) is 5.91 Å². The molecule has 1 heterocycles. The second kappa shape index (κ2) is 8.72. The Hall–Kier alpha value is -2.43. The van der Waals surface area contributed by atoms with E-state index in [0.717, 1.165) is 44.9 Å². The zero-order valence-corrected chi connectivity index (χ0v) is 16.1. The fourth-order valence-electron chi connectivity index (χ4n) is 4.60. The van der Waals surface area contributed by atoms with E-state index >= 15 is 0 Å². The molecule has 0 aromatic rings. The lowest BCUT2D eigenvalue weighted by Crippen LogP contribution is -2.50. The minimum Gasteiger partial charge on any atom is -0.456 e. The molecule has 2 saturated carbocycles. The van der Waals surface area contributed by atoms with Crippen molar-refractivity contribution in [3.63, 3.8) is 0 Å². The largest absolute Gasteiger partial charge is 0.456 e. The predicted molar refractivity (Wildman–Crippen MR) is 97.3 cm³/mol. The molecular formula is C20H27N3O5. The van der Waals surface area contributed by atoms with Gasteiger partial charge in [0, 0.05) is 6.54 Å². The normalized spacial score (nSPS) is 26.3. The molecular weight excluding hydrogens is 362 g/mol. The third-order valence-electron chi connectivity index (χ3n) is 6.14. The number of hydrogen-bond acceptors (Lipinski definition) is 6. The van der Waals surface area contributed by atoms with Crippen LogP contribution in [0.2, 0.25) is 0 Å². The van der Waals surface area contributed by atoms with Crippen LogP contribution in [0.5, 0.6) is 0 Å². The molecule has 1 aliphatic heterocycles. The van der Waals surface area contributed by atoms with Gasteiger partial charge in [0.1, 0.15) is 5.54 Å². The van der Waals surface area contributed by atoms with Crippen molar-refractivity contribution >= 4 is 23.7 Å². The molecule has 1 N–H and O–H groups in total. The van der Waals surface area contributed by atoms with E-state index in [1.807, 2.05) is 0 Å². The second-order valence-corrected chi connectivity index (χ2v) is 8.04. The highest BCUT2D eigenvalue weighted by atomic mass is 16.5. The monoisotopic (exact) mass is 389 g/mol. The fraction of sp³-hybridized carbons (Fsp3) is 0.750. The van der Waals surface area contributed by atoms with Gasteiger partial charge in [0.2, 0.25) is 11.8 Å². The van der Waals surface area contributed by atoms with Gasteiger partial charge in [-0.25, -0.2) is 0 Å². The summed E-state index contributed by atoms with van der Waals surface area (Å²) in [7, 11) is 0. The summed E-state index contributed by atoms with van der Waals surface area (Å²) in [6.07, 6.45) is 7.26. The number of hydrogen-bond donors (Lipinski definition) is 1. The first-order chi connectivity index (χ1) is 13.5.